The van der Waals surface area contributed by atoms with Crippen LogP contribution in [-0.2, 0) is 14.3 Å². The zero-order valence-electron chi connectivity index (χ0n) is 10.9. The first-order valence-electron chi connectivity index (χ1n) is 5.73. The van der Waals surface area contributed by atoms with Gasteiger partial charge in [-0.2, -0.15) is 8.42 Å². The van der Waals surface area contributed by atoms with Gasteiger partial charge in [0.2, 0.25) is 0 Å². The maximum atomic E-state index is 10.8. The van der Waals surface area contributed by atoms with Gasteiger partial charge in [0.25, 0.3) is 10.1 Å². The van der Waals surface area contributed by atoms with Crippen molar-refractivity contribution in [3.8, 4) is 0 Å². The first-order valence-corrected chi connectivity index (χ1v) is 8.34. The molecule has 0 aliphatic rings. The smallest absolute Gasteiger partial charge is 0.264 e. The predicted octanol–water partition coefficient (Wildman–Crippen LogP) is 2.62. The normalized spacial score (nSPS) is 11.3. The quantitative estimate of drug-likeness (QED) is 0.451. The molecule has 0 unspecified atom stereocenters. The van der Waals surface area contributed by atoms with E-state index < -0.39 is 10.1 Å². The number of benzene rings is 1. The minimum atomic E-state index is -3.39. The Hall–Kier alpha value is -0.920. The highest BCUT2D eigenvalue weighted by atomic mass is 79.9. The lowest BCUT2D eigenvalue weighted by Gasteiger charge is -2.11. The Kier molecular flexibility index (Phi) is 5.96. The van der Waals surface area contributed by atoms with Crippen LogP contribution in [0.2, 0.25) is 0 Å². The van der Waals surface area contributed by atoms with Crippen molar-refractivity contribution in [1.29, 1.82) is 5.41 Å². The summed E-state index contributed by atoms with van der Waals surface area (Å²) in [7, 11) is -1.60. The Morgan fingerprint density at radius 2 is 2.16 bits per heavy atom. The van der Waals surface area contributed by atoms with E-state index in [9.17, 15) is 8.42 Å². The van der Waals surface area contributed by atoms with E-state index in [0.29, 0.717) is 18.6 Å². The monoisotopic (exact) mass is 348 g/mol. The molecule has 0 saturated carbocycles. The molecule has 0 heterocycles. The van der Waals surface area contributed by atoms with Crippen LogP contribution in [-0.4, -0.2) is 34.0 Å². The van der Waals surface area contributed by atoms with Crippen molar-refractivity contribution < 1.29 is 12.6 Å². The van der Waals surface area contributed by atoms with Crippen LogP contribution < -0.4 is 5.32 Å². The number of nitrogens with one attached hydrogen (secondary N) is 2. The molecule has 1 aromatic rings. The summed E-state index contributed by atoms with van der Waals surface area (Å²) in [6.45, 7) is 0.104. The Labute approximate surface area is 122 Å². The van der Waals surface area contributed by atoms with Gasteiger partial charge in [-0.3, -0.25) is 4.18 Å². The van der Waals surface area contributed by atoms with Crippen molar-refractivity contribution in [1.82, 2.24) is 0 Å². The van der Waals surface area contributed by atoms with Crippen molar-refractivity contribution in [2.75, 3.05) is 25.2 Å². The molecule has 106 valence electrons. The molecule has 0 bridgehead atoms. The molecule has 0 aliphatic heterocycles. The third kappa shape index (κ3) is 5.71. The maximum absolute atomic E-state index is 10.8. The van der Waals surface area contributed by atoms with Crippen LogP contribution in [0.15, 0.2) is 22.7 Å². The van der Waals surface area contributed by atoms with Crippen LogP contribution in [0, 0.1) is 5.41 Å². The second-order valence-electron chi connectivity index (χ2n) is 4.05. The van der Waals surface area contributed by atoms with Gasteiger partial charge in [0, 0.05) is 28.5 Å². The summed E-state index contributed by atoms with van der Waals surface area (Å²) in [5.74, 6) is 0. The minimum absolute atomic E-state index is 0.104. The summed E-state index contributed by atoms with van der Waals surface area (Å²) in [6.07, 6.45) is 1.98. The van der Waals surface area contributed by atoms with Gasteiger partial charge >= 0.3 is 0 Å². The third-order valence-corrected chi connectivity index (χ3v) is 3.53. The summed E-state index contributed by atoms with van der Waals surface area (Å²) in [4.78, 5) is 0. The van der Waals surface area contributed by atoms with Crippen LogP contribution in [0.4, 0.5) is 5.69 Å². The number of rotatable bonds is 7. The number of anilines is 1. The molecule has 0 aromatic heterocycles. The molecule has 0 spiro atoms. The van der Waals surface area contributed by atoms with E-state index in [1.807, 2.05) is 18.2 Å². The summed E-state index contributed by atoms with van der Waals surface area (Å²) < 4.78 is 27.2. The lowest BCUT2D eigenvalue weighted by molar-refractivity contribution is 0.318. The standard InChI is InChI=1S/C12H17BrN2O3S/c1-15-12-8-9(13)5-6-10(12)11(14)4-3-7-18-19(2,16)17/h5-6,8,14-15H,3-4,7H2,1-2H3. The molecule has 19 heavy (non-hydrogen) atoms. The lowest BCUT2D eigenvalue weighted by Crippen LogP contribution is -2.08. The van der Waals surface area contributed by atoms with Crippen molar-refractivity contribution >= 4 is 37.4 Å². The average Bonchev–Trinajstić information content (AvgIpc) is 2.33. The second kappa shape index (κ2) is 7.02. The molecule has 0 amide bonds. The topological polar surface area (TPSA) is 79.2 Å². The molecule has 1 aromatic carbocycles. The molecule has 0 radical (unpaired) electrons. The molecular weight excluding hydrogens is 332 g/mol. The molecule has 0 atom stereocenters. The van der Waals surface area contributed by atoms with Crippen LogP contribution in [0.5, 0.6) is 0 Å². The zero-order chi connectivity index (χ0) is 14.5. The van der Waals surface area contributed by atoms with Crippen LogP contribution in [0.3, 0.4) is 0 Å². The average molecular weight is 349 g/mol. The Balaban J connectivity index is 2.59. The van der Waals surface area contributed by atoms with Gasteiger partial charge < -0.3 is 10.7 Å². The van der Waals surface area contributed by atoms with E-state index >= 15 is 0 Å². The van der Waals surface area contributed by atoms with Gasteiger partial charge in [-0.05, 0) is 31.0 Å². The number of halogens is 1. The predicted molar refractivity (Wildman–Crippen MR) is 80.5 cm³/mol. The summed E-state index contributed by atoms with van der Waals surface area (Å²) >= 11 is 3.37. The van der Waals surface area contributed by atoms with E-state index in [1.54, 1.807) is 7.05 Å². The van der Waals surface area contributed by atoms with E-state index in [1.165, 1.54) is 0 Å². The Morgan fingerprint density at radius 3 is 2.74 bits per heavy atom. The fourth-order valence-electron chi connectivity index (χ4n) is 1.58. The van der Waals surface area contributed by atoms with Crippen LogP contribution >= 0.6 is 15.9 Å². The lowest BCUT2D eigenvalue weighted by atomic mass is 10.0. The maximum Gasteiger partial charge on any atom is 0.264 e. The second-order valence-corrected chi connectivity index (χ2v) is 6.61. The van der Waals surface area contributed by atoms with Gasteiger partial charge in [-0.25, -0.2) is 0 Å². The SMILES string of the molecule is CNc1cc(Br)ccc1C(=N)CCCOS(C)(=O)=O. The first-order chi connectivity index (χ1) is 8.83. The molecule has 0 fully saturated rings. The molecular formula is C12H17BrN2O3S. The summed E-state index contributed by atoms with van der Waals surface area (Å²) in [6, 6.07) is 5.63. The Bertz CT molecular complexity index is 558. The first kappa shape index (κ1) is 16.1. The van der Waals surface area contributed by atoms with E-state index in [0.717, 1.165) is 22.0 Å². The highest BCUT2D eigenvalue weighted by Crippen LogP contribution is 2.22. The summed E-state index contributed by atoms with van der Waals surface area (Å²) in [5.41, 5.74) is 2.13. The molecule has 7 heteroatoms. The van der Waals surface area contributed by atoms with Gasteiger partial charge in [0.15, 0.2) is 0 Å². The van der Waals surface area contributed by atoms with E-state index in [2.05, 4.69) is 25.4 Å². The van der Waals surface area contributed by atoms with Gasteiger partial charge in [0.05, 0.1) is 12.9 Å². The highest BCUT2D eigenvalue weighted by Gasteiger charge is 2.08. The molecule has 2 N–H and O–H groups in total. The molecule has 0 aliphatic carbocycles. The van der Waals surface area contributed by atoms with Gasteiger partial charge in [-0.15, -0.1) is 0 Å². The van der Waals surface area contributed by atoms with Crippen molar-refractivity contribution in [2.45, 2.75) is 12.8 Å². The van der Waals surface area contributed by atoms with Crippen molar-refractivity contribution in [3.63, 3.8) is 0 Å². The van der Waals surface area contributed by atoms with Crippen LogP contribution in [0.1, 0.15) is 18.4 Å². The van der Waals surface area contributed by atoms with Gasteiger partial charge in [-0.1, -0.05) is 15.9 Å². The summed E-state index contributed by atoms with van der Waals surface area (Å²) in [5, 5.41) is 11.1. The van der Waals surface area contributed by atoms with Crippen LogP contribution in [0.25, 0.3) is 0 Å². The highest BCUT2D eigenvalue weighted by molar-refractivity contribution is 9.10. The third-order valence-electron chi connectivity index (χ3n) is 2.44. The molecule has 5 nitrogen and oxygen atoms in total. The molecule has 1 rings (SSSR count). The van der Waals surface area contributed by atoms with Gasteiger partial charge in [0.1, 0.15) is 0 Å². The minimum Gasteiger partial charge on any atom is -0.388 e. The number of hydrogen-bond acceptors (Lipinski definition) is 5. The Morgan fingerprint density at radius 1 is 1.47 bits per heavy atom. The van der Waals surface area contributed by atoms with E-state index in [-0.39, 0.29) is 6.61 Å². The number of hydrogen-bond donors (Lipinski definition) is 2. The zero-order valence-corrected chi connectivity index (χ0v) is 13.3. The van der Waals surface area contributed by atoms with E-state index in [4.69, 9.17) is 5.41 Å². The fraction of sp³-hybridized carbons (Fsp3) is 0.417. The van der Waals surface area contributed by atoms with Crippen molar-refractivity contribution in [3.05, 3.63) is 28.2 Å². The largest absolute Gasteiger partial charge is 0.388 e. The van der Waals surface area contributed by atoms with Crippen molar-refractivity contribution in [2.24, 2.45) is 0 Å². The fourth-order valence-corrected chi connectivity index (χ4v) is 2.36. The molecule has 0 saturated heterocycles.